The molecule has 0 aliphatic heterocycles. The summed E-state index contributed by atoms with van der Waals surface area (Å²) >= 11 is 0. The van der Waals surface area contributed by atoms with E-state index in [1.54, 1.807) is 78.0 Å². The van der Waals surface area contributed by atoms with Crippen molar-refractivity contribution in [1.29, 1.82) is 0 Å². The van der Waals surface area contributed by atoms with Gasteiger partial charge in [-0.15, -0.1) is 0 Å². The third-order valence-corrected chi connectivity index (χ3v) is 11.1. The summed E-state index contributed by atoms with van der Waals surface area (Å²) in [7, 11) is 0. The summed E-state index contributed by atoms with van der Waals surface area (Å²) in [5.74, 6) is 0. The Bertz CT molecular complexity index is 1530. The standard InChI is InChI=1S/C39H42/c1-39(2)37-23-30(28-13-11-25-7-3-4-9-27(25)21-28)16-19-35(37)36-20-17-31(24-38(36)39)29-15-18-34-32(22-29)14-12-26-8-5-6-10-33(26)34/h3,5,7-8,21-24H,4,6,9-20H2,1-2H3. The van der Waals surface area contributed by atoms with Crippen LogP contribution in [0.25, 0.3) is 0 Å². The van der Waals surface area contributed by atoms with Crippen LogP contribution in [0.1, 0.15) is 104 Å². The zero-order chi connectivity index (χ0) is 26.1. The van der Waals surface area contributed by atoms with Crippen LogP contribution < -0.4 is 0 Å². The highest BCUT2D eigenvalue weighted by Gasteiger charge is 2.41. The van der Waals surface area contributed by atoms with Crippen LogP contribution in [0, 0.1) is 5.41 Å². The van der Waals surface area contributed by atoms with Crippen LogP contribution in [0.2, 0.25) is 0 Å². The number of allylic oxidation sites excluding steroid dienone is 22. The minimum atomic E-state index is 0.119. The first-order valence-corrected chi connectivity index (χ1v) is 15.9. The first kappa shape index (κ1) is 24.0. The average Bonchev–Trinajstić information content (AvgIpc) is 3.22. The lowest BCUT2D eigenvalue weighted by atomic mass is 9.73. The Morgan fingerprint density at radius 2 is 0.897 bits per heavy atom. The van der Waals surface area contributed by atoms with Crippen LogP contribution in [-0.4, -0.2) is 0 Å². The second-order valence-electron chi connectivity index (χ2n) is 13.5. The van der Waals surface area contributed by atoms with Gasteiger partial charge in [0.05, 0.1) is 0 Å². The van der Waals surface area contributed by atoms with E-state index in [2.05, 4.69) is 62.5 Å². The van der Waals surface area contributed by atoms with Crippen LogP contribution in [0.3, 0.4) is 0 Å². The zero-order valence-electron chi connectivity index (χ0n) is 24.0. The fourth-order valence-corrected chi connectivity index (χ4v) is 8.97. The Balaban J connectivity index is 1.09. The van der Waals surface area contributed by atoms with E-state index in [9.17, 15) is 0 Å². The van der Waals surface area contributed by atoms with Gasteiger partial charge in [-0.3, -0.25) is 0 Å². The lowest BCUT2D eigenvalue weighted by molar-refractivity contribution is 0.565. The second kappa shape index (κ2) is 9.09. The van der Waals surface area contributed by atoms with Crippen LogP contribution in [-0.2, 0) is 0 Å². The van der Waals surface area contributed by atoms with Crippen molar-refractivity contribution in [2.75, 3.05) is 0 Å². The van der Waals surface area contributed by atoms with E-state index in [4.69, 9.17) is 0 Å². The molecule has 0 spiro atoms. The number of rotatable bonds is 2. The molecule has 8 aliphatic carbocycles. The van der Waals surface area contributed by atoms with Gasteiger partial charge in [-0.1, -0.05) is 62.5 Å². The molecule has 0 heterocycles. The molecule has 0 fully saturated rings. The molecule has 198 valence electrons. The Morgan fingerprint density at radius 1 is 0.410 bits per heavy atom. The van der Waals surface area contributed by atoms with Crippen LogP contribution >= 0.6 is 0 Å². The van der Waals surface area contributed by atoms with Crippen LogP contribution in [0.15, 0.2) is 127 Å². The Labute approximate surface area is 235 Å². The SMILES string of the molecule is CC1(C)C2=C(CCC(C3=CC4=C(C=CCC4)CC3)=C2)C2=C1C=C(C1=CC3=C(CC1)C1=C(C=CCC1)CC3)CC2. The van der Waals surface area contributed by atoms with Crippen molar-refractivity contribution in [1.82, 2.24) is 0 Å². The molecular weight excluding hydrogens is 468 g/mol. The summed E-state index contributed by atoms with van der Waals surface area (Å²) in [5.41, 5.74) is 23.2. The molecule has 0 unspecified atom stereocenters. The number of fused-ring (bicyclic) bond motifs is 2. The number of hydrogen-bond acceptors (Lipinski definition) is 0. The van der Waals surface area contributed by atoms with Gasteiger partial charge in [0.15, 0.2) is 0 Å². The van der Waals surface area contributed by atoms with Gasteiger partial charge in [0, 0.05) is 5.41 Å². The Morgan fingerprint density at radius 3 is 1.62 bits per heavy atom. The van der Waals surface area contributed by atoms with Gasteiger partial charge in [0.2, 0.25) is 0 Å². The Hall–Kier alpha value is -2.86. The van der Waals surface area contributed by atoms with E-state index >= 15 is 0 Å². The van der Waals surface area contributed by atoms with Gasteiger partial charge in [0.25, 0.3) is 0 Å². The molecule has 8 rings (SSSR count). The Kier molecular flexibility index (Phi) is 5.59. The predicted octanol–water partition coefficient (Wildman–Crippen LogP) is 10.9. The highest BCUT2D eigenvalue weighted by Crippen LogP contribution is 2.56. The first-order valence-electron chi connectivity index (χ1n) is 15.9. The van der Waals surface area contributed by atoms with E-state index < -0.39 is 0 Å². The molecule has 0 N–H and O–H groups in total. The first-order chi connectivity index (χ1) is 19.1. The van der Waals surface area contributed by atoms with Gasteiger partial charge in [-0.25, -0.2) is 0 Å². The third kappa shape index (κ3) is 3.85. The average molecular weight is 511 g/mol. The van der Waals surface area contributed by atoms with Crippen molar-refractivity contribution in [3.63, 3.8) is 0 Å². The molecule has 0 aromatic heterocycles. The fourth-order valence-electron chi connectivity index (χ4n) is 8.97. The molecule has 8 aliphatic rings. The topological polar surface area (TPSA) is 0 Å². The molecule has 0 aromatic carbocycles. The minimum Gasteiger partial charge on any atom is -0.0839 e. The van der Waals surface area contributed by atoms with Gasteiger partial charge in [0.1, 0.15) is 0 Å². The highest BCUT2D eigenvalue weighted by molar-refractivity contribution is 5.66. The van der Waals surface area contributed by atoms with E-state index in [1.807, 2.05) is 0 Å². The second-order valence-corrected chi connectivity index (χ2v) is 13.5. The van der Waals surface area contributed by atoms with Crippen molar-refractivity contribution in [2.24, 2.45) is 5.41 Å². The molecule has 0 heteroatoms. The quantitative estimate of drug-likeness (QED) is 0.346. The molecule has 39 heavy (non-hydrogen) atoms. The normalized spacial score (nSPS) is 27.4. The van der Waals surface area contributed by atoms with Crippen molar-refractivity contribution in [3.8, 4) is 0 Å². The summed E-state index contributed by atoms with van der Waals surface area (Å²) in [6.45, 7) is 5.01. The molecular formula is C39H42. The maximum absolute atomic E-state index is 2.66. The summed E-state index contributed by atoms with van der Waals surface area (Å²) in [6, 6.07) is 0. The predicted molar refractivity (Wildman–Crippen MR) is 164 cm³/mol. The van der Waals surface area contributed by atoms with Gasteiger partial charge in [-0.2, -0.15) is 0 Å². The van der Waals surface area contributed by atoms with E-state index in [0.717, 1.165) is 0 Å². The van der Waals surface area contributed by atoms with E-state index in [0.29, 0.717) is 0 Å². The van der Waals surface area contributed by atoms with Crippen LogP contribution in [0.4, 0.5) is 0 Å². The molecule has 0 amide bonds. The largest absolute Gasteiger partial charge is 0.0839 e. The zero-order valence-corrected chi connectivity index (χ0v) is 24.0. The summed E-state index contributed by atoms with van der Waals surface area (Å²) < 4.78 is 0. The fraction of sp³-hybridized carbons (Fsp3) is 0.436. The monoisotopic (exact) mass is 510 g/mol. The van der Waals surface area contributed by atoms with Crippen molar-refractivity contribution < 1.29 is 0 Å². The van der Waals surface area contributed by atoms with Crippen molar-refractivity contribution >= 4 is 0 Å². The molecule has 0 atom stereocenters. The van der Waals surface area contributed by atoms with Crippen LogP contribution in [0.5, 0.6) is 0 Å². The van der Waals surface area contributed by atoms with E-state index in [-0.39, 0.29) is 5.41 Å². The van der Waals surface area contributed by atoms with Gasteiger partial charge >= 0.3 is 0 Å². The van der Waals surface area contributed by atoms with Gasteiger partial charge in [-0.05, 0) is 168 Å². The molecule has 0 saturated heterocycles. The minimum absolute atomic E-state index is 0.119. The molecule has 0 radical (unpaired) electrons. The third-order valence-electron chi connectivity index (χ3n) is 11.1. The smallest absolute Gasteiger partial charge is 0.0152 e. The lowest BCUT2D eigenvalue weighted by Gasteiger charge is -2.32. The summed E-state index contributed by atoms with van der Waals surface area (Å²) in [4.78, 5) is 0. The lowest BCUT2D eigenvalue weighted by Crippen LogP contribution is -2.17. The summed E-state index contributed by atoms with van der Waals surface area (Å²) in [5, 5.41) is 0. The van der Waals surface area contributed by atoms with E-state index in [1.165, 1.54) is 89.9 Å². The molecule has 0 bridgehead atoms. The number of hydrogen-bond donors (Lipinski definition) is 0. The molecule has 0 saturated carbocycles. The highest BCUT2D eigenvalue weighted by atomic mass is 14.4. The maximum atomic E-state index is 2.66. The van der Waals surface area contributed by atoms with Crippen molar-refractivity contribution in [3.05, 3.63) is 127 Å². The maximum Gasteiger partial charge on any atom is 0.0152 e. The molecule has 0 nitrogen and oxygen atoms in total. The molecule has 0 aromatic rings. The summed E-state index contributed by atoms with van der Waals surface area (Å²) in [6.07, 6.45) is 37.3. The van der Waals surface area contributed by atoms with Gasteiger partial charge < -0.3 is 0 Å². The van der Waals surface area contributed by atoms with Crippen molar-refractivity contribution in [2.45, 2.75) is 104 Å².